The summed E-state index contributed by atoms with van der Waals surface area (Å²) in [6.07, 6.45) is 2.27. The van der Waals surface area contributed by atoms with E-state index in [0.717, 1.165) is 40.2 Å². The number of piperidine rings is 1. The molecule has 25 heavy (non-hydrogen) atoms. The fourth-order valence-corrected chi connectivity index (χ4v) is 5.37. The quantitative estimate of drug-likeness (QED) is 0.603. The van der Waals surface area contributed by atoms with E-state index in [9.17, 15) is 9.59 Å². The fraction of sp³-hybridized carbons (Fsp3) is 0.611. The van der Waals surface area contributed by atoms with Crippen LogP contribution in [-0.4, -0.2) is 39.2 Å². The summed E-state index contributed by atoms with van der Waals surface area (Å²) in [7, 11) is 0. The molecular weight excluding hydrogens is 354 g/mol. The Kier molecular flexibility index (Phi) is 5.53. The van der Waals surface area contributed by atoms with Crippen molar-refractivity contribution in [1.82, 2.24) is 14.5 Å². The Labute approximate surface area is 156 Å². The van der Waals surface area contributed by atoms with Crippen molar-refractivity contribution in [1.29, 1.82) is 0 Å². The largest absolute Gasteiger partial charge is 0.342 e. The van der Waals surface area contributed by atoms with E-state index in [1.165, 1.54) is 18.2 Å². The van der Waals surface area contributed by atoms with Gasteiger partial charge < -0.3 is 4.90 Å². The Balaban J connectivity index is 1.83. The van der Waals surface area contributed by atoms with Crippen LogP contribution in [0.25, 0.3) is 10.2 Å². The summed E-state index contributed by atoms with van der Waals surface area (Å²) < 4.78 is 1.69. The van der Waals surface area contributed by atoms with Gasteiger partial charge in [-0.2, -0.15) is 0 Å². The highest BCUT2D eigenvalue weighted by Crippen LogP contribution is 2.28. The first kappa shape index (κ1) is 18.5. The summed E-state index contributed by atoms with van der Waals surface area (Å²) >= 11 is 2.94. The topological polar surface area (TPSA) is 55.2 Å². The van der Waals surface area contributed by atoms with Crippen LogP contribution in [0.1, 0.15) is 37.1 Å². The molecule has 1 atom stereocenters. The highest BCUT2D eigenvalue weighted by molar-refractivity contribution is 7.99. The lowest BCUT2D eigenvalue weighted by molar-refractivity contribution is -0.130. The summed E-state index contributed by atoms with van der Waals surface area (Å²) in [5, 5.41) is 1.38. The summed E-state index contributed by atoms with van der Waals surface area (Å²) in [4.78, 5) is 33.9. The summed E-state index contributed by atoms with van der Waals surface area (Å²) in [6, 6.07) is 0. The number of rotatable bonds is 4. The summed E-state index contributed by atoms with van der Waals surface area (Å²) in [6.45, 7) is 10.4. The van der Waals surface area contributed by atoms with Gasteiger partial charge in [0.1, 0.15) is 4.83 Å². The van der Waals surface area contributed by atoms with Crippen molar-refractivity contribution in [3.8, 4) is 0 Å². The molecule has 7 heteroatoms. The van der Waals surface area contributed by atoms with Crippen LogP contribution >= 0.6 is 23.1 Å². The van der Waals surface area contributed by atoms with Crippen molar-refractivity contribution in [3.05, 3.63) is 20.8 Å². The van der Waals surface area contributed by atoms with Crippen LogP contribution in [0.3, 0.4) is 0 Å². The Hall–Kier alpha value is -1.34. The van der Waals surface area contributed by atoms with E-state index in [0.29, 0.717) is 23.4 Å². The predicted octanol–water partition coefficient (Wildman–Crippen LogP) is 3.45. The van der Waals surface area contributed by atoms with Crippen LogP contribution in [0.5, 0.6) is 0 Å². The zero-order chi connectivity index (χ0) is 18.1. The third kappa shape index (κ3) is 3.62. The lowest BCUT2D eigenvalue weighted by atomic mass is 10.0. The van der Waals surface area contributed by atoms with E-state index in [2.05, 4.69) is 6.92 Å². The van der Waals surface area contributed by atoms with Crippen molar-refractivity contribution in [2.45, 2.75) is 52.2 Å². The smallest absolute Gasteiger partial charge is 0.263 e. The zero-order valence-corrected chi connectivity index (χ0v) is 16.9. The van der Waals surface area contributed by atoms with E-state index in [1.54, 1.807) is 15.9 Å². The van der Waals surface area contributed by atoms with Crippen molar-refractivity contribution in [2.24, 2.45) is 5.92 Å². The number of amides is 1. The average molecular weight is 380 g/mol. The molecule has 1 fully saturated rings. The number of aromatic nitrogens is 2. The van der Waals surface area contributed by atoms with Crippen LogP contribution in [0.15, 0.2) is 9.95 Å². The van der Waals surface area contributed by atoms with Crippen LogP contribution < -0.4 is 5.56 Å². The fourth-order valence-electron chi connectivity index (χ4n) is 3.33. The molecule has 0 N–H and O–H groups in total. The molecule has 2 aromatic rings. The molecule has 5 nitrogen and oxygen atoms in total. The number of thiophene rings is 1. The minimum absolute atomic E-state index is 0.0101. The van der Waals surface area contributed by atoms with E-state index in [4.69, 9.17) is 4.98 Å². The van der Waals surface area contributed by atoms with Gasteiger partial charge in [0, 0.05) is 24.5 Å². The van der Waals surface area contributed by atoms with Gasteiger partial charge >= 0.3 is 0 Å². The number of likely N-dealkylation sites (tertiary alicyclic amines) is 1. The highest BCUT2D eigenvalue weighted by Gasteiger charge is 2.22. The molecule has 0 aliphatic carbocycles. The van der Waals surface area contributed by atoms with Gasteiger partial charge in [-0.3, -0.25) is 14.2 Å². The number of nitrogens with zero attached hydrogens (tertiary/aromatic N) is 3. The molecule has 3 rings (SSSR count). The van der Waals surface area contributed by atoms with Crippen LogP contribution in [0, 0.1) is 19.8 Å². The Bertz CT molecular complexity index is 856. The molecule has 0 unspecified atom stereocenters. The number of hydrogen-bond donors (Lipinski definition) is 0. The van der Waals surface area contributed by atoms with Gasteiger partial charge in [0.05, 0.1) is 11.1 Å². The van der Waals surface area contributed by atoms with Crippen molar-refractivity contribution in [2.75, 3.05) is 18.8 Å². The molecule has 0 aromatic carbocycles. The summed E-state index contributed by atoms with van der Waals surface area (Å²) in [5.41, 5.74) is 1.03. The molecule has 3 heterocycles. The lowest BCUT2D eigenvalue weighted by Crippen LogP contribution is -2.40. The Morgan fingerprint density at radius 3 is 2.84 bits per heavy atom. The normalized spacial score (nSPS) is 18.1. The average Bonchev–Trinajstić information content (AvgIpc) is 2.87. The third-order valence-corrected chi connectivity index (χ3v) is 6.97. The van der Waals surface area contributed by atoms with Crippen LogP contribution in [-0.2, 0) is 11.3 Å². The monoisotopic (exact) mass is 379 g/mol. The zero-order valence-electron chi connectivity index (χ0n) is 15.3. The van der Waals surface area contributed by atoms with Gasteiger partial charge in [-0.1, -0.05) is 18.7 Å². The molecule has 0 radical (unpaired) electrons. The van der Waals surface area contributed by atoms with Gasteiger partial charge in [-0.15, -0.1) is 11.3 Å². The second-order valence-electron chi connectivity index (χ2n) is 6.78. The minimum atomic E-state index is 0.0101. The molecule has 0 bridgehead atoms. The van der Waals surface area contributed by atoms with Gasteiger partial charge in [-0.05, 0) is 45.1 Å². The van der Waals surface area contributed by atoms with Gasteiger partial charge in [0.25, 0.3) is 5.56 Å². The number of fused-ring (bicyclic) bond motifs is 1. The number of hydrogen-bond acceptors (Lipinski definition) is 5. The third-order valence-electron chi connectivity index (χ3n) is 4.90. The molecule has 136 valence electrons. The standard InChI is InChI=1S/C18H25N3O2S2/c1-5-21-17(23)15-12(3)13(4)25-16(15)19-18(21)24-10-14(22)20-8-6-7-11(2)9-20/h11H,5-10H2,1-4H3/t11-/m1/s1. The second kappa shape index (κ2) is 7.50. The molecule has 1 saturated heterocycles. The lowest BCUT2D eigenvalue weighted by Gasteiger charge is -2.30. The molecule has 0 spiro atoms. The van der Waals surface area contributed by atoms with Gasteiger partial charge in [0.2, 0.25) is 5.91 Å². The SMILES string of the molecule is CCn1c(SCC(=O)N2CCC[C@@H](C)C2)nc2sc(C)c(C)c2c1=O. The highest BCUT2D eigenvalue weighted by atomic mass is 32.2. The minimum Gasteiger partial charge on any atom is -0.342 e. The first-order chi connectivity index (χ1) is 11.9. The number of aryl methyl sites for hydroxylation is 2. The predicted molar refractivity (Wildman–Crippen MR) is 105 cm³/mol. The molecule has 1 amide bonds. The van der Waals surface area contributed by atoms with Crippen molar-refractivity contribution >= 4 is 39.2 Å². The maximum absolute atomic E-state index is 12.8. The van der Waals surface area contributed by atoms with E-state index in [-0.39, 0.29) is 11.5 Å². The van der Waals surface area contributed by atoms with Crippen LogP contribution in [0.4, 0.5) is 0 Å². The maximum atomic E-state index is 12.8. The van der Waals surface area contributed by atoms with E-state index >= 15 is 0 Å². The number of thioether (sulfide) groups is 1. The molecule has 1 aliphatic rings. The molecule has 2 aromatic heterocycles. The molecule has 0 saturated carbocycles. The second-order valence-corrected chi connectivity index (χ2v) is 8.93. The maximum Gasteiger partial charge on any atom is 0.263 e. The number of carbonyl (C=O) groups excluding carboxylic acids is 1. The first-order valence-electron chi connectivity index (χ1n) is 8.83. The number of carbonyl (C=O) groups is 1. The molecular formula is C18H25N3O2S2. The van der Waals surface area contributed by atoms with Gasteiger partial charge in [-0.25, -0.2) is 4.98 Å². The Morgan fingerprint density at radius 2 is 2.16 bits per heavy atom. The molecule has 1 aliphatic heterocycles. The Morgan fingerprint density at radius 1 is 1.40 bits per heavy atom. The van der Waals surface area contributed by atoms with Crippen LogP contribution in [0.2, 0.25) is 0 Å². The van der Waals surface area contributed by atoms with Crippen molar-refractivity contribution in [3.63, 3.8) is 0 Å². The van der Waals surface area contributed by atoms with Gasteiger partial charge in [0.15, 0.2) is 5.16 Å². The van der Waals surface area contributed by atoms with E-state index < -0.39 is 0 Å². The first-order valence-corrected chi connectivity index (χ1v) is 10.6. The van der Waals surface area contributed by atoms with Crippen molar-refractivity contribution < 1.29 is 4.79 Å². The van der Waals surface area contributed by atoms with E-state index in [1.807, 2.05) is 25.7 Å². The summed E-state index contributed by atoms with van der Waals surface area (Å²) in [5.74, 6) is 1.06.